The van der Waals surface area contributed by atoms with Crippen molar-refractivity contribution in [2.45, 2.75) is 13.8 Å². The Bertz CT molecular complexity index is 245. The summed E-state index contributed by atoms with van der Waals surface area (Å²) in [5.74, 6) is 0. The van der Waals surface area contributed by atoms with Crippen molar-refractivity contribution < 1.29 is 0 Å². The van der Waals surface area contributed by atoms with Crippen LogP contribution in [0.2, 0.25) is 0 Å². The number of rotatable bonds is 0. The second-order valence-corrected chi connectivity index (χ2v) is 3.14. The summed E-state index contributed by atoms with van der Waals surface area (Å²) in [7, 11) is 0. The second kappa shape index (κ2) is 2.64. The summed E-state index contributed by atoms with van der Waals surface area (Å²) in [6, 6.07) is 0. The third-order valence-corrected chi connectivity index (χ3v) is 1.71. The van der Waals surface area contributed by atoms with Crippen LogP contribution in [0.25, 0.3) is 0 Å². The minimum absolute atomic E-state index is 0.371. The van der Waals surface area contributed by atoms with Gasteiger partial charge in [-0.3, -0.25) is 4.68 Å². The van der Waals surface area contributed by atoms with Crippen LogP contribution in [0.1, 0.15) is 11.3 Å². The molecule has 0 aliphatic rings. The van der Waals surface area contributed by atoms with E-state index < -0.39 is 0 Å². The lowest BCUT2D eigenvalue weighted by Crippen LogP contribution is -2.05. The molecule has 0 saturated heterocycles. The molecule has 2 nitrogen and oxygen atoms in total. The fraction of sp³-hybridized carbons (Fsp3) is 0.333. The van der Waals surface area contributed by atoms with Gasteiger partial charge in [0.2, 0.25) is 0 Å². The molecule has 0 amide bonds. The van der Waals surface area contributed by atoms with Gasteiger partial charge >= 0.3 is 0 Å². The van der Waals surface area contributed by atoms with Gasteiger partial charge in [0, 0.05) is 6.20 Å². The summed E-state index contributed by atoms with van der Waals surface area (Å²) in [5, 5.41) is 4.08. The standard InChI is InChI=1S/C6H8N2S2/c1-4-3-8(6(9)10)7-5(4)2/h3H,1-2H3,(H,9,10)/p-1. The van der Waals surface area contributed by atoms with Gasteiger partial charge in [0.1, 0.15) is 0 Å². The van der Waals surface area contributed by atoms with Gasteiger partial charge in [-0.05, 0) is 23.7 Å². The lowest BCUT2D eigenvalue weighted by molar-refractivity contribution is 0.938. The first-order chi connectivity index (χ1) is 4.61. The molecule has 0 fully saturated rings. The normalized spacial score (nSPS) is 9.80. The number of hydrogen-bond acceptors (Lipinski definition) is 3. The Kier molecular flexibility index (Phi) is 2.01. The van der Waals surface area contributed by atoms with E-state index in [4.69, 9.17) is 24.8 Å². The molecule has 1 aromatic heterocycles. The van der Waals surface area contributed by atoms with Crippen LogP contribution in [-0.4, -0.2) is 14.1 Å². The van der Waals surface area contributed by atoms with E-state index in [2.05, 4.69) is 5.10 Å². The number of aryl methyl sites for hydroxylation is 2. The maximum Gasteiger partial charge on any atom is 0.0626 e. The molecule has 0 saturated carbocycles. The van der Waals surface area contributed by atoms with Crippen LogP contribution in [-0.2, 0) is 12.6 Å². The zero-order valence-electron chi connectivity index (χ0n) is 5.79. The summed E-state index contributed by atoms with van der Waals surface area (Å²) in [6.45, 7) is 3.91. The average Bonchev–Trinajstić information content (AvgIpc) is 2.13. The summed E-state index contributed by atoms with van der Waals surface area (Å²) < 4.78 is 1.91. The predicted molar refractivity (Wildman–Crippen MR) is 47.1 cm³/mol. The molecule has 0 spiro atoms. The van der Waals surface area contributed by atoms with E-state index in [1.165, 1.54) is 4.68 Å². The number of nitrogens with zero attached hydrogens (tertiary/aromatic N) is 2. The molecule has 0 aliphatic carbocycles. The van der Waals surface area contributed by atoms with Crippen LogP contribution >= 0.6 is 12.2 Å². The van der Waals surface area contributed by atoms with E-state index in [0.29, 0.717) is 4.32 Å². The van der Waals surface area contributed by atoms with E-state index in [0.717, 1.165) is 11.3 Å². The topological polar surface area (TPSA) is 17.8 Å². The van der Waals surface area contributed by atoms with Crippen LogP contribution in [0.4, 0.5) is 0 Å². The van der Waals surface area contributed by atoms with Gasteiger partial charge in [-0.1, -0.05) is 0 Å². The van der Waals surface area contributed by atoms with Gasteiger partial charge in [0.25, 0.3) is 0 Å². The summed E-state index contributed by atoms with van der Waals surface area (Å²) in [6.07, 6.45) is 1.84. The molecular formula is C6H7N2S2-. The van der Waals surface area contributed by atoms with Crippen molar-refractivity contribution in [3.63, 3.8) is 0 Å². The highest BCUT2D eigenvalue weighted by Crippen LogP contribution is 2.01. The molecular weight excluding hydrogens is 164 g/mol. The third kappa shape index (κ3) is 1.33. The summed E-state index contributed by atoms with van der Waals surface area (Å²) in [5.41, 5.74) is 2.10. The predicted octanol–water partition coefficient (Wildman–Crippen LogP) is 1.18. The van der Waals surface area contributed by atoms with Gasteiger partial charge in [-0.15, -0.1) is 0 Å². The molecule has 4 heteroatoms. The first-order valence-corrected chi connectivity index (χ1v) is 3.67. The van der Waals surface area contributed by atoms with Crippen LogP contribution in [0, 0.1) is 13.8 Å². The van der Waals surface area contributed by atoms with Crippen LogP contribution in [0.3, 0.4) is 0 Å². The molecule has 0 aromatic carbocycles. The van der Waals surface area contributed by atoms with Crippen molar-refractivity contribution in [2.75, 3.05) is 0 Å². The zero-order chi connectivity index (χ0) is 7.72. The van der Waals surface area contributed by atoms with E-state index in [1.807, 2.05) is 20.0 Å². The highest BCUT2D eigenvalue weighted by Gasteiger charge is 1.96. The smallest absolute Gasteiger partial charge is 0.0626 e. The minimum atomic E-state index is 0.371. The molecule has 0 atom stereocenters. The lowest BCUT2D eigenvalue weighted by atomic mass is 10.3. The van der Waals surface area contributed by atoms with Crippen molar-refractivity contribution in [3.05, 3.63) is 17.5 Å². The maximum absolute atomic E-state index is 4.75. The molecule has 0 unspecified atom stereocenters. The number of aromatic nitrogens is 2. The van der Waals surface area contributed by atoms with Crippen LogP contribution in [0.5, 0.6) is 0 Å². The van der Waals surface area contributed by atoms with E-state index in [-0.39, 0.29) is 0 Å². The largest absolute Gasteiger partial charge is 0.409 e. The van der Waals surface area contributed by atoms with Crippen LogP contribution < -0.4 is 0 Å². The monoisotopic (exact) mass is 171 g/mol. The molecule has 1 aromatic rings. The average molecular weight is 171 g/mol. The van der Waals surface area contributed by atoms with Crippen molar-refractivity contribution in [1.29, 1.82) is 0 Å². The van der Waals surface area contributed by atoms with Gasteiger partial charge in [-0.25, -0.2) is 0 Å². The minimum Gasteiger partial charge on any atom is -0.409 e. The van der Waals surface area contributed by atoms with Gasteiger partial charge < -0.3 is 24.8 Å². The highest BCUT2D eigenvalue weighted by molar-refractivity contribution is 8.00. The molecule has 0 radical (unpaired) electrons. The lowest BCUT2D eigenvalue weighted by Gasteiger charge is -2.02. The van der Waals surface area contributed by atoms with E-state index in [9.17, 15) is 0 Å². The quantitative estimate of drug-likeness (QED) is 0.431. The van der Waals surface area contributed by atoms with E-state index in [1.54, 1.807) is 0 Å². The molecule has 0 N–H and O–H groups in total. The van der Waals surface area contributed by atoms with Gasteiger partial charge in [0.15, 0.2) is 0 Å². The zero-order valence-corrected chi connectivity index (χ0v) is 7.42. The molecule has 10 heavy (non-hydrogen) atoms. The maximum atomic E-state index is 4.75. The molecule has 1 rings (SSSR count). The fourth-order valence-corrected chi connectivity index (χ4v) is 0.827. The third-order valence-electron chi connectivity index (χ3n) is 1.33. The second-order valence-electron chi connectivity index (χ2n) is 2.11. The van der Waals surface area contributed by atoms with Crippen molar-refractivity contribution >= 4 is 29.2 Å². The summed E-state index contributed by atoms with van der Waals surface area (Å²) >= 11 is 9.50. The molecule has 1 heterocycles. The van der Waals surface area contributed by atoms with Crippen molar-refractivity contribution in [1.82, 2.24) is 9.78 Å². The molecule has 0 aliphatic heterocycles. The highest BCUT2D eigenvalue weighted by atomic mass is 32.1. The first kappa shape index (κ1) is 7.63. The van der Waals surface area contributed by atoms with Crippen LogP contribution in [0.15, 0.2) is 6.20 Å². The Morgan fingerprint density at radius 1 is 1.70 bits per heavy atom. The Morgan fingerprint density at radius 2 is 2.30 bits per heavy atom. The van der Waals surface area contributed by atoms with Gasteiger partial charge in [-0.2, -0.15) is 5.10 Å². The molecule has 0 bridgehead atoms. The Balaban J connectivity index is 3.10. The first-order valence-electron chi connectivity index (χ1n) is 2.85. The SMILES string of the molecule is Cc1cn(C(=S)[S-])nc1C. The number of thiocarbonyl (C=S) groups is 1. The Labute approximate surface area is 70.6 Å². The Morgan fingerprint density at radius 3 is 2.50 bits per heavy atom. The van der Waals surface area contributed by atoms with Crippen molar-refractivity contribution in [2.24, 2.45) is 0 Å². The van der Waals surface area contributed by atoms with E-state index >= 15 is 0 Å². The fourth-order valence-electron chi connectivity index (χ4n) is 0.640. The number of hydrogen-bond donors (Lipinski definition) is 0. The Hall–Kier alpha value is -0.480. The van der Waals surface area contributed by atoms with Gasteiger partial charge in [0.05, 0.1) is 5.69 Å². The summed E-state index contributed by atoms with van der Waals surface area (Å²) in [4.78, 5) is 0. The van der Waals surface area contributed by atoms with Crippen molar-refractivity contribution in [3.8, 4) is 0 Å². The molecule has 54 valence electrons.